The maximum atomic E-state index is 12.6. The number of phosphoric ester groups is 1. The van der Waals surface area contributed by atoms with E-state index in [1.807, 2.05) is 6.08 Å². The third-order valence-corrected chi connectivity index (χ3v) is 8.85. The molecule has 0 spiro atoms. The third-order valence-electron chi connectivity index (χ3n) is 7.86. The molecule has 0 aromatic heterocycles. The summed E-state index contributed by atoms with van der Waals surface area (Å²) in [5, 5.41) is 13.5. The minimum absolute atomic E-state index is 0.0808. The summed E-state index contributed by atoms with van der Waals surface area (Å²) in [7, 11) is -4.32. The van der Waals surface area contributed by atoms with Crippen molar-refractivity contribution in [2.75, 3.05) is 19.8 Å². The molecular weight excluding hydrogens is 563 g/mol. The summed E-state index contributed by atoms with van der Waals surface area (Å²) < 4.78 is 22.0. The van der Waals surface area contributed by atoms with Crippen LogP contribution in [0.5, 0.6) is 0 Å². The number of nitrogens with two attached hydrogens (primary N) is 1. The van der Waals surface area contributed by atoms with Gasteiger partial charge in [-0.3, -0.25) is 13.8 Å². The van der Waals surface area contributed by atoms with Crippen molar-refractivity contribution in [3.63, 3.8) is 0 Å². The van der Waals surface area contributed by atoms with Crippen molar-refractivity contribution in [3.05, 3.63) is 12.2 Å². The zero-order chi connectivity index (χ0) is 31.9. The number of amides is 1. The molecule has 0 aromatic rings. The Labute approximate surface area is 265 Å². The van der Waals surface area contributed by atoms with Gasteiger partial charge >= 0.3 is 7.82 Å². The van der Waals surface area contributed by atoms with Crippen molar-refractivity contribution in [3.8, 4) is 0 Å². The maximum Gasteiger partial charge on any atom is 0.472 e. The van der Waals surface area contributed by atoms with E-state index < -0.39 is 20.0 Å². The second-order valence-electron chi connectivity index (χ2n) is 12.1. The van der Waals surface area contributed by atoms with Gasteiger partial charge in [-0.1, -0.05) is 154 Å². The number of nitrogens with one attached hydrogen (secondary N) is 1. The smallest absolute Gasteiger partial charge is 0.387 e. The normalized spacial score (nSPS) is 14.6. The second-order valence-corrected chi connectivity index (χ2v) is 13.5. The Hall–Kier alpha value is -0.760. The lowest BCUT2D eigenvalue weighted by Crippen LogP contribution is -2.45. The Balaban J connectivity index is 4.34. The van der Waals surface area contributed by atoms with Crippen LogP contribution >= 0.6 is 7.82 Å². The van der Waals surface area contributed by atoms with E-state index >= 15 is 0 Å². The number of allylic oxidation sites excluding steroid dienone is 1. The zero-order valence-electron chi connectivity index (χ0n) is 28.0. The number of carbonyl (C=O) groups is 1. The number of unbranched alkanes of at least 4 members (excludes halogenated alkanes) is 21. The summed E-state index contributed by atoms with van der Waals surface area (Å²) in [6, 6.07) is -0.851. The molecular formula is C34H69N2O6P. The summed E-state index contributed by atoms with van der Waals surface area (Å²) in [4.78, 5) is 22.5. The van der Waals surface area contributed by atoms with Crippen LogP contribution in [0.3, 0.4) is 0 Å². The number of phosphoric acid groups is 1. The monoisotopic (exact) mass is 632 g/mol. The molecule has 0 radical (unpaired) electrons. The first-order chi connectivity index (χ1) is 20.9. The van der Waals surface area contributed by atoms with E-state index in [9.17, 15) is 19.4 Å². The highest BCUT2D eigenvalue weighted by molar-refractivity contribution is 7.47. The van der Waals surface area contributed by atoms with Crippen LogP contribution in [0.15, 0.2) is 12.2 Å². The van der Waals surface area contributed by atoms with Gasteiger partial charge in [0, 0.05) is 13.0 Å². The van der Waals surface area contributed by atoms with Gasteiger partial charge in [0.2, 0.25) is 5.91 Å². The third kappa shape index (κ3) is 29.7. The van der Waals surface area contributed by atoms with Crippen molar-refractivity contribution >= 4 is 13.7 Å². The summed E-state index contributed by atoms with van der Waals surface area (Å²) in [5.41, 5.74) is 5.34. The Morgan fingerprint density at radius 2 is 1.19 bits per heavy atom. The lowest BCUT2D eigenvalue weighted by atomic mass is 10.0. The molecule has 5 N–H and O–H groups in total. The van der Waals surface area contributed by atoms with Gasteiger partial charge in [0.25, 0.3) is 0 Å². The van der Waals surface area contributed by atoms with Crippen molar-refractivity contribution in [1.29, 1.82) is 0 Å². The molecule has 8 nitrogen and oxygen atoms in total. The number of aliphatic hydroxyl groups excluding tert-OH is 1. The van der Waals surface area contributed by atoms with Crippen molar-refractivity contribution in [1.82, 2.24) is 5.32 Å². The van der Waals surface area contributed by atoms with E-state index in [0.717, 1.165) is 38.5 Å². The largest absolute Gasteiger partial charge is 0.472 e. The van der Waals surface area contributed by atoms with E-state index in [4.69, 9.17) is 14.8 Å². The first kappa shape index (κ1) is 42.2. The molecule has 1 amide bonds. The Morgan fingerprint density at radius 3 is 1.65 bits per heavy atom. The predicted molar refractivity (Wildman–Crippen MR) is 180 cm³/mol. The summed E-state index contributed by atoms with van der Waals surface area (Å²) >= 11 is 0. The fraction of sp³-hybridized carbons (Fsp3) is 0.912. The van der Waals surface area contributed by atoms with E-state index in [2.05, 4.69) is 19.2 Å². The van der Waals surface area contributed by atoms with Crippen LogP contribution in [0.25, 0.3) is 0 Å². The minimum atomic E-state index is -4.32. The Kier molecular flexibility index (Phi) is 30.7. The minimum Gasteiger partial charge on any atom is -0.387 e. The highest BCUT2D eigenvalue weighted by atomic mass is 31.2. The number of hydrogen-bond donors (Lipinski definition) is 4. The SMILES string of the molecule is CCCCCCCCCCC/C=C/[C@@H](O)[C@H](COP(=O)(O)OCCN)NC(=O)CCCCCCCCCCCCCCC. The van der Waals surface area contributed by atoms with Crippen LogP contribution in [0, 0.1) is 0 Å². The molecule has 0 fully saturated rings. The molecule has 3 atom stereocenters. The van der Waals surface area contributed by atoms with E-state index in [-0.39, 0.29) is 25.7 Å². The highest BCUT2D eigenvalue weighted by Crippen LogP contribution is 2.43. The fourth-order valence-electron chi connectivity index (χ4n) is 5.13. The second kappa shape index (κ2) is 31.2. The van der Waals surface area contributed by atoms with Crippen molar-refractivity contribution in [2.45, 2.75) is 180 Å². The molecule has 0 heterocycles. The van der Waals surface area contributed by atoms with Crippen LogP contribution in [-0.4, -0.2) is 47.8 Å². The van der Waals surface area contributed by atoms with Gasteiger partial charge in [0.1, 0.15) is 0 Å². The quantitative estimate of drug-likeness (QED) is 0.0323. The first-order valence-electron chi connectivity index (χ1n) is 17.8. The maximum absolute atomic E-state index is 12.6. The van der Waals surface area contributed by atoms with Crippen LogP contribution in [0.2, 0.25) is 0 Å². The first-order valence-corrected chi connectivity index (χ1v) is 19.3. The van der Waals surface area contributed by atoms with Crippen molar-refractivity contribution in [2.24, 2.45) is 5.73 Å². The summed E-state index contributed by atoms with van der Waals surface area (Å²) in [6.07, 6.45) is 31.1. The molecule has 0 aliphatic rings. The van der Waals surface area contributed by atoms with Gasteiger partial charge < -0.3 is 21.1 Å². The van der Waals surface area contributed by atoms with Crippen LogP contribution in [0.1, 0.15) is 168 Å². The molecule has 0 saturated carbocycles. The average molecular weight is 633 g/mol. The number of aliphatic hydroxyl groups is 1. The van der Waals surface area contributed by atoms with Gasteiger partial charge in [-0.25, -0.2) is 4.57 Å². The topological polar surface area (TPSA) is 131 Å². The van der Waals surface area contributed by atoms with Gasteiger partial charge in [0.15, 0.2) is 0 Å². The lowest BCUT2D eigenvalue weighted by Gasteiger charge is -2.23. The lowest BCUT2D eigenvalue weighted by molar-refractivity contribution is -0.123. The molecule has 0 saturated heterocycles. The summed E-state index contributed by atoms with van der Waals surface area (Å²) in [6.45, 7) is 4.10. The zero-order valence-corrected chi connectivity index (χ0v) is 28.8. The molecule has 256 valence electrons. The molecule has 0 bridgehead atoms. The Morgan fingerprint density at radius 1 is 0.744 bits per heavy atom. The molecule has 0 aliphatic carbocycles. The highest BCUT2D eigenvalue weighted by Gasteiger charge is 2.26. The van der Waals surface area contributed by atoms with Crippen LogP contribution < -0.4 is 11.1 Å². The molecule has 43 heavy (non-hydrogen) atoms. The molecule has 0 rings (SSSR count). The molecule has 0 aliphatic heterocycles. The number of rotatable bonds is 33. The fourth-order valence-corrected chi connectivity index (χ4v) is 5.89. The number of carbonyl (C=O) groups excluding carboxylic acids is 1. The van der Waals surface area contributed by atoms with Gasteiger partial charge in [-0.15, -0.1) is 0 Å². The van der Waals surface area contributed by atoms with Gasteiger partial charge in [-0.05, 0) is 19.3 Å². The van der Waals surface area contributed by atoms with E-state index in [0.29, 0.717) is 6.42 Å². The predicted octanol–water partition coefficient (Wildman–Crippen LogP) is 8.88. The van der Waals surface area contributed by atoms with Crippen LogP contribution in [0.4, 0.5) is 0 Å². The van der Waals surface area contributed by atoms with E-state index in [1.54, 1.807) is 6.08 Å². The van der Waals surface area contributed by atoms with Gasteiger partial charge in [0.05, 0.1) is 25.4 Å². The van der Waals surface area contributed by atoms with Crippen LogP contribution in [-0.2, 0) is 18.4 Å². The average Bonchev–Trinajstić information content (AvgIpc) is 2.99. The molecule has 0 aromatic carbocycles. The summed E-state index contributed by atoms with van der Waals surface area (Å²) in [5.74, 6) is -0.196. The standard InChI is InChI=1S/C34H69N2O6P/c1-3-5-7-9-11-13-15-16-18-20-22-24-26-28-34(38)36-32(31-42-43(39,40)41-30-29-35)33(37)27-25-23-21-19-17-14-12-10-8-6-4-2/h25,27,32-33,37H,3-24,26,28-31,35H2,1-2H3,(H,36,38)(H,39,40)/b27-25+/t32-,33+/m0/s1. The van der Waals surface area contributed by atoms with E-state index in [1.165, 1.54) is 109 Å². The molecule has 9 heteroatoms. The Bertz CT molecular complexity index is 694. The number of hydrogen-bond acceptors (Lipinski definition) is 6. The van der Waals surface area contributed by atoms with Crippen molar-refractivity contribution < 1.29 is 28.4 Å². The van der Waals surface area contributed by atoms with Gasteiger partial charge in [-0.2, -0.15) is 0 Å². The molecule has 1 unspecified atom stereocenters.